The van der Waals surface area contributed by atoms with E-state index in [0.29, 0.717) is 17.7 Å². The molecule has 0 spiro atoms. The molecular formula is C21H23F3N2O3S. The first kappa shape index (κ1) is 22.1. The van der Waals surface area contributed by atoms with Crippen LogP contribution in [-0.2, 0) is 26.4 Å². The van der Waals surface area contributed by atoms with Gasteiger partial charge in [0.25, 0.3) is 0 Å². The van der Waals surface area contributed by atoms with Gasteiger partial charge in [0.1, 0.15) is 0 Å². The molecule has 5 nitrogen and oxygen atoms in total. The van der Waals surface area contributed by atoms with Crippen LogP contribution in [0.15, 0.2) is 48.5 Å². The van der Waals surface area contributed by atoms with Crippen LogP contribution in [0.3, 0.4) is 0 Å². The minimum absolute atomic E-state index is 0.164. The van der Waals surface area contributed by atoms with Crippen LogP contribution in [0, 0.1) is 5.92 Å². The van der Waals surface area contributed by atoms with Gasteiger partial charge in [-0.3, -0.25) is 9.52 Å². The number of carbonyl (C=O) groups excluding carboxylic acids is 1. The normalized spacial score (nSPS) is 22.3. The van der Waals surface area contributed by atoms with Crippen LogP contribution in [-0.4, -0.2) is 20.6 Å². The summed E-state index contributed by atoms with van der Waals surface area (Å²) in [6.45, 7) is 3.69. The van der Waals surface area contributed by atoms with E-state index in [1.165, 1.54) is 12.1 Å². The Hall–Kier alpha value is -2.55. The number of halogens is 3. The van der Waals surface area contributed by atoms with Gasteiger partial charge in [-0.1, -0.05) is 31.2 Å². The Morgan fingerprint density at radius 3 is 2.17 bits per heavy atom. The van der Waals surface area contributed by atoms with E-state index < -0.39 is 27.2 Å². The van der Waals surface area contributed by atoms with Gasteiger partial charge in [-0.15, -0.1) is 0 Å². The summed E-state index contributed by atoms with van der Waals surface area (Å²) < 4.78 is 63.2. The van der Waals surface area contributed by atoms with Crippen molar-refractivity contribution in [1.82, 2.24) is 5.32 Å². The summed E-state index contributed by atoms with van der Waals surface area (Å²) >= 11 is 0. The maximum atomic E-state index is 12.7. The molecule has 1 saturated carbocycles. The molecule has 2 aromatic carbocycles. The Labute approximate surface area is 173 Å². The van der Waals surface area contributed by atoms with Gasteiger partial charge in [-0.05, 0) is 48.7 Å². The first-order valence-corrected chi connectivity index (χ1v) is 11.2. The van der Waals surface area contributed by atoms with E-state index in [-0.39, 0.29) is 17.9 Å². The van der Waals surface area contributed by atoms with E-state index in [0.717, 1.165) is 24.0 Å². The lowest BCUT2D eigenvalue weighted by Crippen LogP contribution is -2.30. The molecule has 0 heterocycles. The van der Waals surface area contributed by atoms with Crippen molar-refractivity contribution in [3.8, 4) is 0 Å². The fourth-order valence-corrected chi connectivity index (χ4v) is 4.12. The third-order valence-corrected chi connectivity index (χ3v) is 6.10. The Morgan fingerprint density at radius 1 is 1.10 bits per heavy atom. The monoisotopic (exact) mass is 440 g/mol. The zero-order chi connectivity index (χ0) is 22.3. The topological polar surface area (TPSA) is 75.3 Å². The van der Waals surface area contributed by atoms with Crippen LogP contribution in [0.1, 0.15) is 43.0 Å². The summed E-state index contributed by atoms with van der Waals surface area (Å²) in [5, 5.41) is 2.93. The molecule has 3 rings (SSSR count). The summed E-state index contributed by atoms with van der Waals surface area (Å²) in [6, 6.07) is 11.3. The van der Waals surface area contributed by atoms with Crippen molar-refractivity contribution < 1.29 is 26.4 Å². The third-order valence-electron chi connectivity index (χ3n) is 5.50. The molecule has 30 heavy (non-hydrogen) atoms. The van der Waals surface area contributed by atoms with Gasteiger partial charge in [0.05, 0.1) is 17.9 Å². The maximum Gasteiger partial charge on any atom is 0.416 e. The molecule has 0 unspecified atom stereocenters. The van der Waals surface area contributed by atoms with Crippen molar-refractivity contribution in [2.24, 2.45) is 5.92 Å². The second kappa shape index (κ2) is 7.61. The minimum Gasteiger partial charge on any atom is -0.349 e. The summed E-state index contributed by atoms with van der Waals surface area (Å²) in [4.78, 5) is 12.7. The van der Waals surface area contributed by atoms with Crippen LogP contribution in [0.2, 0.25) is 0 Å². The highest BCUT2D eigenvalue weighted by atomic mass is 32.2. The Balaban J connectivity index is 1.63. The molecule has 0 radical (unpaired) electrons. The SMILES string of the molecule is C[C@@H](NC(=O)[C@H]1C[C@]1(C)c1ccc(C(F)(F)F)cc1)c1ccc(NS(C)(=O)=O)cc1. The van der Waals surface area contributed by atoms with Gasteiger partial charge in [0, 0.05) is 17.0 Å². The Kier molecular flexibility index (Phi) is 5.62. The van der Waals surface area contributed by atoms with Crippen LogP contribution in [0.25, 0.3) is 0 Å². The highest BCUT2D eigenvalue weighted by molar-refractivity contribution is 7.92. The predicted molar refractivity (Wildman–Crippen MR) is 108 cm³/mol. The standard InChI is InChI=1S/C21H23F3N2O3S/c1-13(14-4-10-17(11-5-14)26-30(3,28)29)25-19(27)18-12-20(18,2)15-6-8-16(9-7-15)21(22,23)24/h4-11,13,18,26H,12H2,1-3H3,(H,25,27)/t13-,18-,20-/m1/s1. The van der Waals surface area contributed by atoms with Crippen LogP contribution < -0.4 is 10.0 Å². The van der Waals surface area contributed by atoms with E-state index in [9.17, 15) is 26.4 Å². The van der Waals surface area contributed by atoms with Gasteiger partial charge in [-0.25, -0.2) is 8.42 Å². The molecule has 3 atom stereocenters. The van der Waals surface area contributed by atoms with Gasteiger partial charge >= 0.3 is 6.18 Å². The molecule has 9 heteroatoms. The molecule has 1 amide bonds. The smallest absolute Gasteiger partial charge is 0.349 e. The van der Waals surface area contributed by atoms with Crippen molar-refractivity contribution in [2.75, 3.05) is 11.0 Å². The molecule has 0 aromatic heterocycles. The second-order valence-electron chi connectivity index (χ2n) is 7.98. The number of hydrogen-bond donors (Lipinski definition) is 2. The molecule has 2 aromatic rings. The number of alkyl halides is 3. The molecule has 1 fully saturated rings. The van der Waals surface area contributed by atoms with Gasteiger partial charge in [-0.2, -0.15) is 13.2 Å². The highest BCUT2D eigenvalue weighted by Gasteiger charge is 2.55. The number of carbonyl (C=O) groups is 1. The largest absolute Gasteiger partial charge is 0.416 e. The lowest BCUT2D eigenvalue weighted by atomic mass is 9.94. The molecular weight excluding hydrogens is 417 g/mol. The van der Waals surface area contributed by atoms with Crippen molar-refractivity contribution in [2.45, 2.75) is 37.9 Å². The predicted octanol–water partition coefficient (Wildman–Crippen LogP) is 4.23. The lowest BCUT2D eigenvalue weighted by molar-refractivity contribution is -0.137. The van der Waals surface area contributed by atoms with Crippen LogP contribution in [0.4, 0.5) is 18.9 Å². The number of amides is 1. The van der Waals surface area contributed by atoms with Gasteiger partial charge in [0.2, 0.25) is 15.9 Å². The van der Waals surface area contributed by atoms with Crippen molar-refractivity contribution >= 4 is 21.6 Å². The fraction of sp³-hybridized carbons (Fsp3) is 0.381. The average molecular weight is 440 g/mol. The van der Waals surface area contributed by atoms with Crippen molar-refractivity contribution in [1.29, 1.82) is 0 Å². The molecule has 2 N–H and O–H groups in total. The zero-order valence-electron chi connectivity index (χ0n) is 16.7. The van der Waals surface area contributed by atoms with E-state index >= 15 is 0 Å². The van der Waals surface area contributed by atoms with Crippen LogP contribution in [0.5, 0.6) is 0 Å². The van der Waals surface area contributed by atoms with Crippen molar-refractivity contribution in [3.63, 3.8) is 0 Å². The highest BCUT2D eigenvalue weighted by Crippen LogP contribution is 2.54. The first-order chi connectivity index (χ1) is 13.8. The molecule has 1 aliphatic rings. The first-order valence-electron chi connectivity index (χ1n) is 9.35. The molecule has 0 aliphatic heterocycles. The lowest BCUT2D eigenvalue weighted by Gasteiger charge is -2.17. The summed E-state index contributed by atoms with van der Waals surface area (Å²) in [7, 11) is -3.36. The van der Waals surface area contributed by atoms with Gasteiger partial charge in [0.15, 0.2) is 0 Å². The number of anilines is 1. The van der Waals surface area contributed by atoms with E-state index in [4.69, 9.17) is 0 Å². The van der Waals surface area contributed by atoms with E-state index in [1.807, 2.05) is 13.8 Å². The zero-order valence-corrected chi connectivity index (χ0v) is 17.6. The summed E-state index contributed by atoms with van der Waals surface area (Å²) in [6.07, 6.45) is -2.76. The second-order valence-corrected chi connectivity index (χ2v) is 9.72. The molecule has 1 aliphatic carbocycles. The molecule has 162 valence electrons. The van der Waals surface area contributed by atoms with Crippen LogP contribution >= 0.6 is 0 Å². The third kappa shape index (κ3) is 4.95. The number of nitrogens with one attached hydrogen (secondary N) is 2. The van der Waals surface area contributed by atoms with E-state index in [2.05, 4.69) is 10.0 Å². The van der Waals surface area contributed by atoms with Crippen molar-refractivity contribution in [3.05, 3.63) is 65.2 Å². The average Bonchev–Trinajstić information content (AvgIpc) is 3.34. The molecule has 0 saturated heterocycles. The summed E-state index contributed by atoms with van der Waals surface area (Å²) in [5.41, 5.74) is 0.742. The number of rotatable bonds is 6. The fourth-order valence-electron chi connectivity index (χ4n) is 3.56. The quantitative estimate of drug-likeness (QED) is 0.706. The number of hydrogen-bond acceptors (Lipinski definition) is 3. The van der Waals surface area contributed by atoms with Gasteiger partial charge < -0.3 is 5.32 Å². The Morgan fingerprint density at radius 2 is 1.67 bits per heavy atom. The number of benzene rings is 2. The molecule has 0 bridgehead atoms. The maximum absolute atomic E-state index is 12.7. The van der Waals surface area contributed by atoms with E-state index in [1.54, 1.807) is 24.3 Å². The minimum atomic E-state index is -4.39. The number of sulfonamides is 1. The summed E-state index contributed by atoms with van der Waals surface area (Å²) in [5.74, 6) is -0.480. The Bertz CT molecular complexity index is 1030.